The van der Waals surface area contributed by atoms with Crippen LogP contribution in [-0.2, 0) is 22.2 Å². The minimum absolute atomic E-state index is 0. The fourth-order valence-electron chi connectivity index (χ4n) is 0.535. The first-order chi connectivity index (χ1) is 6.02. The molecule has 0 radical (unpaired) electrons. The van der Waals surface area contributed by atoms with Gasteiger partial charge in [-0.05, 0) is 4.32 Å². The monoisotopic (exact) mass is 259 g/mol. The van der Waals surface area contributed by atoms with Crippen LogP contribution in [0.25, 0.3) is 0 Å². The van der Waals surface area contributed by atoms with Crippen molar-refractivity contribution in [1.82, 2.24) is 16.2 Å². The zero-order valence-corrected chi connectivity index (χ0v) is 12.8. The number of carbonyl (C=O) groups is 2. The largest absolute Gasteiger partial charge is 1.00 e. The van der Waals surface area contributed by atoms with E-state index in [2.05, 4.69) is 41.0 Å². The minimum atomic E-state index is -0.277. The van der Waals surface area contributed by atoms with Gasteiger partial charge in [-0.15, -0.1) is 0 Å². The molecule has 0 aliphatic heterocycles. The Morgan fingerprint density at radius 1 is 1.36 bits per heavy atom. The molecular formula is C6H10KN3O2S2. The Hall–Kier alpha value is 0.686. The molecule has 8 heteroatoms. The number of rotatable bonds is 3. The second kappa shape index (κ2) is 10.2. The maximum atomic E-state index is 10.9. The molecule has 74 valence electrons. The van der Waals surface area contributed by atoms with Gasteiger partial charge in [0.1, 0.15) is 0 Å². The second-order valence-electron chi connectivity index (χ2n) is 2.19. The Bertz CT molecular complexity index is 225. The van der Waals surface area contributed by atoms with Crippen molar-refractivity contribution in [3.63, 3.8) is 0 Å². The summed E-state index contributed by atoms with van der Waals surface area (Å²) in [5, 5.41) is 2.48. The average Bonchev–Trinajstić information content (AvgIpc) is 2.00. The average molecular weight is 259 g/mol. The summed E-state index contributed by atoms with van der Waals surface area (Å²) in [6.07, 6.45) is 0.185. The Balaban J connectivity index is 0. The molecule has 0 bridgehead atoms. The van der Waals surface area contributed by atoms with Crippen molar-refractivity contribution >= 4 is 41.0 Å². The van der Waals surface area contributed by atoms with Gasteiger partial charge in [0.2, 0.25) is 11.8 Å². The molecule has 0 atom stereocenters. The fourth-order valence-corrected chi connectivity index (χ4v) is 0.637. The Morgan fingerprint density at radius 3 is 2.36 bits per heavy atom. The van der Waals surface area contributed by atoms with Gasteiger partial charge in [-0.1, -0.05) is 0 Å². The molecule has 0 saturated heterocycles. The zero-order chi connectivity index (χ0) is 10.3. The molecule has 3 N–H and O–H groups in total. The van der Waals surface area contributed by atoms with Crippen molar-refractivity contribution in [3.8, 4) is 0 Å². The van der Waals surface area contributed by atoms with E-state index in [1.807, 2.05) is 0 Å². The summed E-state index contributed by atoms with van der Waals surface area (Å²) in [7, 11) is 0. The number of hydrogen-bond donors (Lipinski definition) is 3. The maximum absolute atomic E-state index is 10.9. The van der Waals surface area contributed by atoms with Crippen LogP contribution in [0, 0.1) is 0 Å². The molecule has 0 rings (SSSR count). The fraction of sp³-hybridized carbons (Fsp3) is 0.500. The van der Waals surface area contributed by atoms with Crippen LogP contribution >= 0.6 is 12.2 Å². The molecule has 0 aliphatic rings. The summed E-state index contributed by atoms with van der Waals surface area (Å²) in [4.78, 5) is 21.3. The van der Waals surface area contributed by atoms with E-state index in [4.69, 9.17) is 0 Å². The van der Waals surface area contributed by atoms with Crippen LogP contribution < -0.4 is 67.6 Å². The van der Waals surface area contributed by atoms with Gasteiger partial charge < -0.3 is 35.6 Å². The summed E-state index contributed by atoms with van der Waals surface area (Å²) in [5.41, 5.74) is 4.59. The van der Waals surface area contributed by atoms with E-state index >= 15 is 0 Å². The number of nitrogens with one attached hydrogen (secondary N) is 3. The summed E-state index contributed by atoms with van der Waals surface area (Å²) in [5.74, 6) is -0.444. The molecule has 2 amide bonds. The van der Waals surface area contributed by atoms with E-state index in [9.17, 15) is 9.59 Å². The van der Waals surface area contributed by atoms with Gasteiger partial charge in [-0.25, -0.2) is 0 Å². The van der Waals surface area contributed by atoms with Gasteiger partial charge in [-0.3, -0.25) is 15.0 Å². The van der Waals surface area contributed by atoms with Gasteiger partial charge in [0.15, 0.2) is 0 Å². The van der Waals surface area contributed by atoms with Gasteiger partial charge in [0.05, 0.1) is 0 Å². The predicted molar refractivity (Wildman–Crippen MR) is 54.5 cm³/mol. The molecule has 0 heterocycles. The predicted octanol–water partition coefficient (Wildman–Crippen LogP) is -4.03. The van der Waals surface area contributed by atoms with E-state index in [-0.39, 0.29) is 73.9 Å². The van der Waals surface area contributed by atoms with Gasteiger partial charge in [0, 0.05) is 19.9 Å². The molecule has 0 aromatic heterocycles. The van der Waals surface area contributed by atoms with E-state index in [1.54, 1.807) is 0 Å². The summed E-state index contributed by atoms with van der Waals surface area (Å²) >= 11 is 8.97. The van der Waals surface area contributed by atoms with E-state index in [0.29, 0.717) is 6.54 Å². The second-order valence-corrected chi connectivity index (χ2v) is 3.27. The molecule has 0 unspecified atom stereocenters. The van der Waals surface area contributed by atoms with Crippen molar-refractivity contribution in [2.24, 2.45) is 0 Å². The van der Waals surface area contributed by atoms with Crippen molar-refractivity contribution in [3.05, 3.63) is 0 Å². The molecule has 0 aromatic carbocycles. The van der Waals surface area contributed by atoms with Crippen molar-refractivity contribution in [2.45, 2.75) is 13.3 Å². The number of hydrazine groups is 1. The number of carbonyl (C=O) groups excluding carboxylic acids is 2. The Labute approximate surface area is 136 Å². The first-order valence-electron chi connectivity index (χ1n) is 3.52. The molecule has 0 aliphatic carbocycles. The number of amides is 2. The van der Waals surface area contributed by atoms with Crippen LogP contribution in [0.15, 0.2) is 0 Å². The van der Waals surface area contributed by atoms with Crippen LogP contribution in [0.3, 0.4) is 0 Å². The number of thiocarbonyl (C=S) groups is 1. The third kappa shape index (κ3) is 12.7. The van der Waals surface area contributed by atoms with Crippen LogP contribution in [0.2, 0.25) is 0 Å². The van der Waals surface area contributed by atoms with Crippen LogP contribution in [-0.4, -0.2) is 22.7 Å². The molecule has 14 heavy (non-hydrogen) atoms. The first kappa shape index (κ1) is 17.1. The van der Waals surface area contributed by atoms with Crippen LogP contribution in [0.1, 0.15) is 13.3 Å². The van der Waals surface area contributed by atoms with Crippen molar-refractivity contribution < 1.29 is 61.0 Å². The summed E-state index contributed by atoms with van der Waals surface area (Å²) in [6.45, 7) is 1.68. The molecule has 0 saturated carbocycles. The standard InChI is InChI=1S/C6H11N3O2S2.K/c1-4(10)7-3-2-5(11)8-9-6(12)13;/h2-3H2,1H3,(H,7,10)(H,8,11)(H2,9,12,13);/q;+1/p-1. The Morgan fingerprint density at radius 2 is 1.93 bits per heavy atom. The molecular weight excluding hydrogens is 249 g/mol. The zero-order valence-electron chi connectivity index (χ0n) is 8.05. The van der Waals surface area contributed by atoms with Crippen LogP contribution in [0.5, 0.6) is 0 Å². The third-order valence-electron chi connectivity index (χ3n) is 1.03. The molecule has 5 nitrogen and oxygen atoms in total. The van der Waals surface area contributed by atoms with E-state index < -0.39 is 0 Å². The smallest absolute Gasteiger partial charge is 0.410 e. The Kier molecular flexibility index (Phi) is 12.5. The molecule has 0 spiro atoms. The van der Waals surface area contributed by atoms with E-state index in [0.717, 1.165) is 0 Å². The van der Waals surface area contributed by atoms with Crippen molar-refractivity contribution in [1.29, 1.82) is 0 Å². The van der Waals surface area contributed by atoms with Gasteiger partial charge >= 0.3 is 51.4 Å². The van der Waals surface area contributed by atoms with Crippen molar-refractivity contribution in [2.75, 3.05) is 6.54 Å². The topological polar surface area (TPSA) is 70.2 Å². The van der Waals surface area contributed by atoms with Gasteiger partial charge in [0.25, 0.3) is 0 Å². The molecule has 0 aromatic rings. The third-order valence-corrected chi connectivity index (χ3v) is 1.23. The van der Waals surface area contributed by atoms with Crippen LogP contribution in [0.4, 0.5) is 0 Å². The number of hydrogen-bond acceptors (Lipinski definition) is 4. The maximum Gasteiger partial charge on any atom is 1.00 e. The minimum Gasteiger partial charge on any atom is -0.410 e. The molecule has 0 fully saturated rings. The van der Waals surface area contributed by atoms with Gasteiger partial charge in [-0.2, -0.15) is 0 Å². The van der Waals surface area contributed by atoms with E-state index in [1.165, 1.54) is 6.92 Å². The normalized spacial score (nSPS) is 8.07. The summed E-state index contributed by atoms with van der Waals surface area (Å²) < 4.78 is 0.0767. The first-order valence-corrected chi connectivity index (χ1v) is 4.34. The SMILES string of the molecule is CC(=O)NCCC(=O)NNC(=S)[S-].[K+]. The summed E-state index contributed by atoms with van der Waals surface area (Å²) in [6, 6.07) is 0. The quantitative estimate of drug-likeness (QED) is 0.208.